The SMILES string of the molecule is CCc1cc(-c2ccccc2)c(C)c(=O)o1. The predicted molar refractivity (Wildman–Crippen MR) is 64.5 cm³/mol. The highest BCUT2D eigenvalue weighted by atomic mass is 16.4. The lowest BCUT2D eigenvalue weighted by Crippen LogP contribution is -2.06. The standard InChI is InChI=1S/C14H14O2/c1-3-12-9-13(10(2)14(15)16-12)11-7-5-4-6-8-11/h4-9H,3H2,1-2H3. The molecule has 0 unspecified atom stereocenters. The average molecular weight is 214 g/mol. The summed E-state index contributed by atoms with van der Waals surface area (Å²) in [5, 5.41) is 0. The minimum absolute atomic E-state index is 0.238. The Morgan fingerprint density at radius 2 is 1.88 bits per heavy atom. The van der Waals surface area contributed by atoms with Crippen molar-refractivity contribution in [1.29, 1.82) is 0 Å². The number of hydrogen-bond donors (Lipinski definition) is 0. The van der Waals surface area contributed by atoms with Gasteiger partial charge in [0.25, 0.3) is 0 Å². The van der Waals surface area contributed by atoms with Crippen LogP contribution in [0.3, 0.4) is 0 Å². The van der Waals surface area contributed by atoms with Gasteiger partial charge in [0.2, 0.25) is 0 Å². The molecule has 0 atom stereocenters. The van der Waals surface area contributed by atoms with Crippen LogP contribution in [0.4, 0.5) is 0 Å². The van der Waals surface area contributed by atoms with E-state index in [9.17, 15) is 4.79 Å². The van der Waals surface area contributed by atoms with Crippen molar-refractivity contribution in [3.05, 3.63) is 58.1 Å². The molecule has 1 aromatic heterocycles. The lowest BCUT2D eigenvalue weighted by atomic mass is 10.0. The van der Waals surface area contributed by atoms with Crippen LogP contribution in [0.25, 0.3) is 11.1 Å². The van der Waals surface area contributed by atoms with Gasteiger partial charge in [-0.25, -0.2) is 4.79 Å². The van der Waals surface area contributed by atoms with Crippen molar-refractivity contribution in [3.63, 3.8) is 0 Å². The van der Waals surface area contributed by atoms with E-state index in [1.54, 1.807) is 6.92 Å². The summed E-state index contributed by atoms with van der Waals surface area (Å²) in [5.74, 6) is 0.731. The quantitative estimate of drug-likeness (QED) is 0.768. The van der Waals surface area contributed by atoms with Crippen molar-refractivity contribution in [2.75, 3.05) is 0 Å². The largest absolute Gasteiger partial charge is 0.428 e. The third kappa shape index (κ3) is 1.91. The Bertz CT molecular complexity index is 538. The second kappa shape index (κ2) is 4.35. The number of rotatable bonds is 2. The molecule has 0 saturated carbocycles. The highest BCUT2D eigenvalue weighted by Gasteiger charge is 2.08. The summed E-state index contributed by atoms with van der Waals surface area (Å²) in [4.78, 5) is 11.6. The molecule has 2 nitrogen and oxygen atoms in total. The first kappa shape index (κ1) is 10.7. The normalized spacial score (nSPS) is 10.4. The number of benzene rings is 1. The molecule has 82 valence electrons. The molecule has 0 bridgehead atoms. The third-order valence-corrected chi connectivity index (χ3v) is 2.67. The van der Waals surface area contributed by atoms with E-state index < -0.39 is 0 Å². The second-order valence-electron chi connectivity index (χ2n) is 3.76. The Hall–Kier alpha value is -1.83. The van der Waals surface area contributed by atoms with Crippen molar-refractivity contribution < 1.29 is 4.42 Å². The summed E-state index contributed by atoms with van der Waals surface area (Å²) >= 11 is 0. The first-order valence-electron chi connectivity index (χ1n) is 5.41. The van der Waals surface area contributed by atoms with E-state index in [0.29, 0.717) is 5.56 Å². The fourth-order valence-corrected chi connectivity index (χ4v) is 1.70. The maximum absolute atomic E-state index is 11.6. The summed E-state index contributed by atoms with van der Waals surface area (Å²) < 4.78 is 5.16. The predicted octanol–water partition coefficient (Wildman–Crippen LogP) is 3.18. The van der Waals surface area contributed by atoms with Crippen molar-refractivity contribution in [1.82, 2.24) is 0 Å². The molecule has 0 N–H and O–H groups in total. The van der Waals surface area contributed by atoms with Crippen LogP contribution >= 0.6 is 0 Å². The summed E-state index contributed by atoms with van der Waals surface area (Å²) in [6.07, 6.45) is 0.732. The molecule has 16 heavy (non-hydrogen) atoms. The Kier molecular flexibility index (Phi) is 2.91. The first-order chi connectivity index (χ1) is 7.72. The molecule has 0 radical (unpaired) electrons. The Labute approximate surface area is 94.5 Å². The zero-order valence-corrected chi connectivity index (χ0v) is 9.49. The molecular formula is C14H14O2. The number of hydrogen-bond acceptors (Lipinski definition) is 2. The molecule has 0 amide bonds. The van der Waals surface area contributed by atoms with E-state index in [1.807, 2.05) is 43.3 Å². The van der Waals surface area contributed by atoms with Gasteiger partial charge in [0.15, 0.2) is 0 Å². The molecule has 2 aromatic rings. The van der Waals surface area contributed by atoms with Gasteiger partial charge >= 0.3 is 5.63 Å². The Morgan fingerprint density at radius 1 is 1.19 bits per heavy atom. The molecule has 0 fully saturated rings. The van der Waals surface area contributed by atoms with Crippen LogP contribution in [0.5, 0.6) is 0 Å². The molecular weight excluding hydrogens is 200 g/mol. The lowest BCUT2D eigenvalue weighted by molar-refractivity contribution is 0.461. The molecule has 0 spiro atoms. The topological polar surface area (TPSA) is 30.2 Å². The molecule has 0 aliphatic rings. The summed E-state index contributed by atoms with van der Waals surface area (Å²) in [6, 6.07) is 11.9. The fraction of sp³-hybridized carbons (Fsp3) is 0.214. The van der Waals surface area contributed by atoms with E-state index in [4.69, 9.17) is 4.42 Å². The van der Waals surface area contributed by atoms with Gasteiger partial charge < -0.3 is 4.42 Å². The van der Waals surface area contributed by atoms with E-state index in [1.165, 1.54) is 0 Å². The van der Waals surface area contributed by atoms with Crippen LogP contribution in [0, 0.1) is 6.92 Å². The van der Waals surface area contributed by atoms with Gasteiger partial charge in [-0.1, -0.05) is 37.3 Å². The fourth-order valence-electron chi connectivity index (χ4n) is 1.70. The molecule has 1 aromatic carbocycles. The summed E-state index contributed by atoms with van der Waals surface area (Å²) in [6.45, 7) is 3.77. The van der Waals surface area contributed by atoms with Crippen LogP contribution < -0.4 is 5.63 Å². The highest BCUT2D eigenvalue weighted by molar-refractivity contribution is 5.66. The van der Waals surface area contributed by atoms with E-state index in [-0.39, 0.29) is 5.63 Å². The molecule has 1 heterocycles. The Morgan fingerprint density at radius 3 is 2.50 bits per heavy atom. The van der Waals surface area contributed by atoms with Gasteiger partial charge in [-0.05, 0) is 24.1 Å². The molecule has 2 heteroatoms. The van der Waals surface area contributed by atoms with E-state index >= 15 is 0 Å². The van der Waals surface area contributed by atoms with E-state index in [2.05, 4.69) is 0 Å². The minimum Gasteiger partial charge on any atom is -0.428 e. The maximum Gasteiger partial charge on any atom is 0.339 e. The van der Waals surface area contributed by atoms with Gasteiger partial charge in [-0.3, -0.25) is 0 Å². The smallest absolute Gasteiger partial charge is 0.339 e. The second-order valence-corrected chi connectivity index (χ2v) is 3.76. The Balaban J connectivity index is 2.65. The van der Waals surface area contributed by atoms with Gasteiger partial charge in [0, 0.05) is 12.0 Å². The van der Waals surface area contributed by atoms with Crippen LogP contribution in [0.1, 0.15) is 18.2 Å². The van der Waals surface area contributed by atoms with Gasteiger partial charge in [-0.2, -0.15) is 0 Å². The number of aryl methyl sites for hydroxylation is 1. The van der Waals surface area contributed by atoms with Crippen molar-refractivity contribution in [2.24, 2.45) is 0 Å². The van der Waals surface area contributed by atoms with Gasteiger partial charge in [0.05, 0.1) is 0 Å². The maximum atomic E-state index is 11.6. The molecule has 0 saturated heterocycles. The van der Waals surface area contributed by atoms with Crippen molar-refractivity contribution in [3.8, 4) is 11.1 Å². The van der Waals surface area contributed by atoms with E-state index in [0.717, 1.165) is 23.3 Å². The first-order valence-corrected chi connectivity index (χ1v) is 5.41. The monoisotopic (exact) mass is 214 g/mol. The van der Waals surface area contributed by atoms with Gasteiger partial charge in [-0.15, -0.1) is 0 Å². The molecule has 0 aliphatic heterocycles. The lowest BCUT2D eigenvalue weighted by Gasteiger charge is -2.06. The zero-order valence-electron chi connectivity index (χ0n) is 9.49. The summed E-state index contributed by atoms with van der Waals surface area (Å²) in [5.41, 5.74) is 2.46. The van der Waals surface area contributed by atoms with Crippen LogP contribution in [0.15, 0.2) is 45.6 Å². The molecule has 2 rings (SSSR count). The van der Waals surface area contributed by atoms with Crippen LogP contribution in [-0.2, 0) is 6.42 Å². The van der Waals surface area contributed by atoms with Crippen LogP contribution in [0.2, 0.25) is 0 Å². The molecule has 0 aliphatic carbocycles. The van der Waals surface area contributed by atoms with Gasteiger partial charge in [0.1, 0.15) is 5.76 Å². The summed E-state index contributed by atoms with van der Waals surface area (Å²) in [7, 11) is 0. The van der Waals surface area contributed by atoms with Crippen molar-refractivity contribution >= 4 is 0 Å². The third-order valence-electron chi connectivity index (χ3n) is 2.67. The van der Waals surface area contributed by atoms with Crippen molar-refractivity contribution in [2.45, 2.75) is 20.3 Å². The minimum atomic E-state index is -0.238. The van der Waals surface area contributed by atoms with Crippen LogP contribution in [-0.4, -0.2) is 0 Å². The highest BCUT2D eigenvalue weighted by Crippen LogP contribution is 2.22. The average Bonchev–Trinajstić information content (AvgIpc) is 2.33. The zero-order chi connectivity index (χ0) is 11.5.